The van der Waals surface area contributed by atoms with Gasteiger partial charge in [-0.25, -0.2) is 18.1 Å². The Kier molecular flexibility index (Phi) is 7.20. The van der Waals surface area contributed by atoms with Gasteiger partial charge in [0.05, 0.1) is 16.6 Å². The molecule has 0 saturated carbocycles. The quantitative estimate of drug-likeness (QED) is 0.549. The number of amides is 1. The molecule has 4 rings (SSSR count). The van der Waals surface area contributed by atoms with Crippen LogP contribution in [-0.2, 0) is 21.2 Å². The van der Waals surface area contributed by atoms with Crippen molar-refractivity contribution in [2.75, 3.05) is 13.1 Å². The molecule has 1 fully saturated rings. The molecular weight excluding hydrogens is 438 g/mol. The van der Waals surface area contributed by atoms with Crippen molar-refractivity contribution in [2.45, 2.75) is 50.0 Å². The highest BCUT2D eigenvalue weighted by Crippen LogP contribution is 2.21. The Bertz CT molecular complexity index is 1150. The van der Waals surface area contributed by atoms with Gasteiger partial charge in [-0.1, -0.05) is 30.7 Å². The van der Waals surface area contributed by atoms with Gasteiger partial charge in [-0.2, -0.15) is 9.40 Å². The van der Waals surface area contributed by atoms with Crippen molar-refractivity contribution in [3.05, 3.63) is 72.3 Å². The van der Waals surface area contributed by atoms with E-state index >= 15 is 0 Å². The number of sulfonamides is 1. The average molecular weight is 468 g/mol. The zero-order valence-corrected chi connectivity index (χ0v) is 19.5. The van der Waals surface area contributed by atoms with Crippen LogP contribution in [0.1, 0.15) is 49.8 Å². The summed E-state index contributed by atoms with van der Waals surface area (Å²) in [5.74, 6) is -0.0483. The van der Waals surface area contributed by atoms with E-state index in [4.69, 9.17) is 0 Å². The third kappa shape index (κ3) is 5.66. The third-order valence-corrected chi connectivity index (χ3v) is 7.88. The molecule has 3 aromatic rings. The van der Waals surface area contributed by atoms with Crippen LogP contribution in [0.2, 0.25) is 0 Å². The first-order chi connectivity index (χ1) is 15.9. The highest BCUT2D eigenvalue weighted by molar-refractivity contribution is 7.89. The van der Waals surface area contributed by atoms with E-state index in [1.165, 1.54) is 6.33 Å². The molecule has 1 amide bonds. The van der Waals surface area contributed by atoms with E-state index in [2.05, 4.69) is 15.4 Å². The summed E-state index contributed by atoms with van der Waals surface area (Å²) in [4.78, 5) is 16.7. The molecule has 0 aliphatic carbocycles. The lowest BCUT2D eigenvalue weighted by Crippen LogP contribution is -2.35. The smallest absolute Gasteiger partial charge is 0.243 e. The van der Waals surface area contributed by atoms with E-state index in [1.54, 1.807) is 39.6 Å². The second-order valence-electron chi connectivity index (χ2n) is 8.33. The van der Waals surface area contributed by atoms with Crippen LogP contribution in [0.25, 0.3) is 5.69 Å². The normalized spacial score (nSPS) is 15.8. The first-order valence-corrected chi connectivity index (χ1v) is 12.7. The van der Waals surface area contributed by atoms with Gasteiger partial charge in [0.2, 0.25) is 15.9 Å². The number of hydrogen-bond acceptors (Lipinski definition) is 5. The molecule has 174 valence electrons. The molecular formula is C24H29N5O3S. The number of carbonyl (C=O) groups is 1. The second-order valence-corrected chi connectivity index (χ2v) is 10.3. The lowest BCUT2D eigenvalue weighted by atomic mass is 10.1. The Morgan fingerprint density at radius 2 is 1.73 bits per heavy atom. The highest BCUT2D eigenvalue weighted by atomic mass is 32.2. The third-order valence-electron chi connectivity index (χ3n) is 5.97. The fourth-order valence-electron chi connectivity index (χ4n) is 3.99. The Morgan fingerprint density at radius 3 is 2.36 bits per heavy atom. The van der Waals surface area contributed by atoms with Gasteiger partial charge >= 0.3 is 0 Å². The van der Waals surface area contributed by atoms with Gasteiger partial charge in [0.1, 0.15) is 12.7 Å². The topological polar surface area (TPSA) is 97.2 Å². The van der Waals surface area contributed by atoms with E-state index in [0.717, 1.165) is 36.1 Å². The molecule has 0 spiro atoms. The monoisotopic (exact) mass is 467 g/mol. The zero-order valence-electron chi connectivity index (χ0n) is 18.7. The number of aryl methyl sites for hydroxylation is 1. The number of carbonyl (C=O) groups excluding carboxylic acids is 1. The average Bonchev–Trinajstić information content (AvgIpc) is 3.39. The van der Waals surface area contributed by atoms with Crippen LogP contribution in [0, 0.1) is 0 Å². The van der Waals surface area contributed by atoms with E-state index < -0.39 is 10.0 Å². The number of nitrogens with zero attached hydrogens (tertiary/aromatic N) is 4. The predicted octanol–water partition coefficient (Wildman–Crippen LogP) is 3.25. The second kappa shape index (κ2) is 10.3. The van der Waals surface area contributed by atoms with Gasteiger partial charge in [0.25, 0.3) is 0 Å². The standard InChI is InChI=1S/C24H29N5O3S/c1-19(21-8-10-22(11-9-21)29-18-25-17-26-29)27-24(30)14-7-20-5-12-23(13-6-20)33(31,32)28-15-3-2-4-16-28/h5-6,8-13,17-19H,2-4,7,14-16H2,1H3,(H,27,30). The summed E-state index contributed by atoms with van der Waals surface area (Å²) in [6, 6.07) is 14.6. The SMILES string of the molecule is CC(NC(=O)CCc1ccc(S(=O)(=O)N2CCCCC2)cc1)c1ccc(-n2cncn2)cc1. The Labute approximate surface area is 194 Å². The van der Waals surface area contributed by atoms with Gasteiger partial charge in [-0.05, 0) is 61.6 Å². The predicted molar refractivity (Wildman–Crippen MR) is 125 cm³/mol. The Morgan fingerprint density at radius 1 is 1.03 bits per heavy atom. The molecule has 33 heavy (non-hydrogen) atoms. The zero-order chi connectivity index (χ0) is 23.3. The van der Waals surface area contributed by atoms with Crippen molar-refractivity contribution in [1.82, 2.24) is 24.4 Å². The van der Waals surface area contributed by atoms with E-state index in [9.17, 15) is 13.2 Å². The molecule has 0 bridgehead atoms. The summed E-state index contributed by atoms with van der Waals surface area (Å²) in [5, 5.41) is 7.13. The number of benzene rings is 2. The van der Waals surface area contributed by atoms with Gasteiger partial charge in [-0.3, -0.25) is 4.79 Å². The molecule has 1 saturated heterocycles. The van der Waals surface area contributed by atoms with E-state index in [0.29, 0.717) is 30.8 Å². The molecule has 1 aromatic heterocycles. The van der Waals surface area contributed by atoms with Crippen molar-refractivity contribution in [2.24, 2.45) is 0 Å². The molecule has 1 aliphatic heterocycles. The summed E-state index contributed by atoms with van der Waals surface area (Å²) in [6.07, 6.45) is 6.91. The summed E-state index contributed by atoms with van der Waals surface area (Å²) in [7, 11) is -3.43. The van der Waals surface area contributed by atoms with Crippen LogP contribution in [0.5, 0.6) is 0 Å². The number of piperidine rings is 1. The summed E-state index contributed by atoms with van der Waals surface area (Å²) < 4.78 is 28.8. The van der Waals surface area contributed by atoms with E-state index in [1.807, 2.05) is 31.2 Å². The minimum absolute atomic E-state index is 0.0483. The molecule has 1 atom stereocenters. The maximum atomic E-state index is 12.8. The fraction of sp³-hybridized carbons (Fsp3) is 0.375. The summed E-state index contributed by atoms with van der Waals surface area (Å²) >= 11 is 0. The van der Waals surface area contributed by atoms with Crippen LogP contribution in [0.4, 0.5) is 0 Å². The lowest BCUT2D eigenvalue weighted by molar-refractivity contribution is -0.121. The number of hydrogen-bond donors (Lipinski definition) is 1. The van der Waals surface area contributed by atoms with Gasteiger partial charge < -0.3 is 5.32 Å². The van der Waals surface area contributed by atoms with Gasteiger partial charge in [0.15, 0.2) is 0 Å². The first kappa shape index (κ1) is 23.1. The van der Waals surface area contributed by atoms with E-state index in [-0.39, 0.29) is 11.9 Å². The highest BCUT2D eigenvalue weighted by Gasteiger charge is 2.25. The minimum Gasteiger partial charge on any atom is -0.350 e. The summed E-state index contributed by atoms with van der Waals surface area (Å²) in [5.41, 5.74) is 2.84. The molecule has 8 nitrogen and oxygen atoms in total. The van der Waals surface area contributed by atoms with Crippen LogP contribution < -0.4 is 5.32 Å². The van der Waals surface area contributed by atoms with Crippen LogP contribution in [-0.4, -0.2) is 46.5 Å². The molecule has 2 aromatic carbocycles. The maximum absolute atomic E-state index is 12.8. The van der Waals surface area contributed by atoms with Gasteiger partial charge in [0, 0.05) is 19.5 Å². The lowest BCUT2D eigenvalue weighted by Gasteiger charge is -2.25. The van der Waals surface area contributed by atoms with Crippen LogP contribution in [0.3, 0.4) is 0 Å². The fourth-order valence-corrected chi connectivity index (χ4v) is 5.51. The maximum Gasteiger partial charge on any atom is 0.243 e. The molecule has 1 aliphatic rings. The molecule has 0 radical (unpaired) electrons. The van der Waals surface area contributed by atoms with Crippen molar-refractivity contribution in [3.8, 4) is 5.69 Å². The van der Waals surface area contributed by atoms with Crippen molar-refractivity contribution >= 4 is 15.9 Å². The van der Waals surface area contributed by atoms with Crippen molar-refractivity contribution < 1.29 is 13.2 Å². The van der Waals surface area contributed by atoms with Crippen molar-refractivity contribution in [1.29, 1.82) is 0 Å². The minimum atomic E-state index is -3.43. The molecule has 2 heterocycles. The summed E-state index contributed by atoms with van der Waals surface area (Å²) in [6.45, 7) is 3.12. The molecule has 1 unspecified atom stereocenters. The number of nitrogens with one attached hydrogen (secondary N) is 1. The largest absolute Gasteiger partial charge is 0.350 e. The van der Waals surface area contributed by atoms with Crippen molar-refractivity contribution in [3.63, 3.8) is 0 Å². The first-order valence-electron chi connectivity index (χ1n) is 11.3. The Balaban J connectivity index is 1.28. The van der Waals surface area contributed by atoms with Crippen LogP contribution in [0.15, 0.2) is 66.1 Å². The van der Waals surface area contributed by atoms with Crippen LogP contribution >= 0.6 is 0 Å². The molecule has 9 heteroatoms. The number of rotatable bonds is 8. The number of aromatic nitrogens is 3. The van der Waals surface area contributed by atoms with Gasteiger partial charge in [-0.15, -0.1) is 0 Å². The molecule has 1 N–H and O–H groups in total. The Hall–Kier alpha value is -3.04.